The second-order valence-electron chi connectivity index (χ2n) is 11.4. The number of likely N-dealkylation sites (tertiary alicyclic amines) is 1. The van der Waals surface area contributed by atoms with Gasteiger partial charge < -0.3 is 14.7 Å². The van der Waals surface area contributed by atoms with Crippen LogP contribution in [0.25, 0.3) is 0 Å². The van der Waals surface area contributed by atoms with E-state index in [1.807, 2.05) is 17.0 Å². The van der Waals surface area contributed by atoms with Gasteiger partial charge >= 0.3 is 0 Å². The highest BCUT2D eigenvalue weighted by Crippen LogP contribution is 2.27. The number of aromatic amines is 1. The Labute approximate surface area is 253 Å². The Morgan fingerprint density at radius 2 is 1.67 bits per heavy atom. The van der Waals surface area contributed by atoms with Gasteiger partial charge in [0.15, 0.2) is 11.4 Å². The van der Waals surface area contributed by atoms with Gasteiger partial charge in [-0.15, -0.1) is 10.2 Å². The number of rotatable bonds is 10. The van der Waals surface area contributed by atoms with Gasteiger partial charge in [0.1, 0.15) is 18.0 Å². The molecule has 11 nitrogen and oxygen atoms in total. The standard InChI is InChI=1S/C32H38N10O/c1-24-15-25(2)17-27(16-24)22-41-14-13-40(32(41)28(19-33)20-34)12-9-31(43)42(23-30-35-37-38-36-30)29-8-6-7-26(18-29)21-39-10-4-3-5-11-39/h6-8,15-18H,3-5,9-14,21-23H2,1-2H3,(H,35,36,37,38). The highest BCUT2D eigenvalue weighted by molar-refractivity contribution is 5.93. The summed E-state index contributed by atoms with van der Waals surface area (Å²) in [6, 6.07) is 18.6. The first-order valence-corrected chi connectivity index (χ1v) is 14.9. The molecule has 0 saturated carbocycles. The Morgan fingerprint density at radius 1 is 0.930 bits per heavy atom. The first-order valence-electron chi connectivity index (χ1n) is 14.9. The number of H-pyrrole nitrogens is 1. The third-order valence-corrected chi connectivity index (χ3v) is 8.00. The van der Waals surface area contributed by atoms with Gasteiger partial charge in [0.05, 0.1) is 6.54 Å². The van der Waals surface area contributed by atoms with Crippen molar-refractivity contribution in [3.05, 3.63) is 81.9 Å². The summed E-state index contributed by atoms with van der Waals surface area (Å²) in [6.07, 6.45) is 3.91. The molecule has 222 valence electrons. The number of aromatic nitrogens is 4. The molecule has 0 unspecified atom stereocenters. The number of tetrazole rings is 1. The number of amides is 1. The normalized spacial score (nSPS) is 15.3. The first-order chi connectivity index (χ1) is 20.9. The molecule has 0 aliphatic carbocycles. The van der Waals surface area contributed by atoms with Crippen molar-refractivity contribution in [1.82, 2.24) is 35.3 Å². The number of nitrogens with zero attached hydrogens (tertiary/aromatic N) is 9. The molecular formula is C32H38N10O. The predicted octanol–water partition coefficient (Wildman–Crippen LogP) is 3.80. The number of nitrogens with one attached hydrogen (secondary N) is 1. The third-order valence-electron chi connectivity index (χ3n) is 8.00. The van der Waals surface area contributed by atoms with E-state index in [0.717, 1.165) is 36.4 Å². The Kier molecular flexibility index (Phi) is 9.65. The third kappa shape index (κ3) is 7.56. The summed E-state index contributed by atoms with van der Waals surface area (Å²) < 4.78 is 0. The number of carbonyl (C=O) groups excluding carboxylic acids is 1. The van der Waals surface area contributed by atoms with Crippen molar-refractivity contribution in [2.75, 3.05) is 37.6 Å². The van der Waals surface area contributed by atoms with Crippen molar-refractivity contribution < 1.29 is 4.79 Å². The summed E-state index contributed by atoms with van der Waals surface area (Å²) in [6.45, 7) is 9.59. The van der Waals surface area contributed by atoms with E-state index in [0.29, 0.717) is 37.8 Å². The monoisotopic (exact) mass is 578 g/mol. The van der Waals surface area contributed by atoms with Gasteiger partial charge in [-0.25, -0.2) is 0 Å². The quantitative estimate of drug-likeness (QED) is 0.357. The molecule has 0 bridgehead atoms. The zero-order valence-electron chi connectivity index (χ0n) is 25.0. The maximum absolute atomic E-state index is 13.8. The van der Waals surface area contributed by atoms with Crippen molar-refractivity contribution in [3.8, 4) is 12.1 Å². The van der Waals surface area contributed by atoms with Crippen LogP contribution < -0.4 is 4.90 Å². The molecule has 2 saturated heterocycles. The van der Waals surface area contributed by atoms with Crippen LogP contribution in [0.2, 0.25) is 0 Å². The van der Waals surface area contributed by atoms with E-state index in [1.54, 1.807) is 4.90 Å². The first kappa shape index (κ1) is 29.7. The molecule has 0 radical (unpaired) electrons. The van der Waals surface area contributed by atoms with Gasteiger partial charge in [0, 0.05) is 44.8 Å². The van der Waals surface area contributed by atoms with Crippen LogP contribution in [0.1, 0.15) is 53.8 Å². The largest absolute Gasteiger partial charge is 0.354 e. The van der Waals surface area contributed by atoms with Crippen LogP contribution in [-0.4, -0.2) is 74.0 Å². The van der Waals surface area contributed by atoms with E-state index in [4.69, 9.17) is 0 Å². The number of hydrogen-bond acceptors (Lipinski definition) is 9. The fourth-order valence-electron chi connectivity index (χ4n) is 6.13. The molecule has 0 spiro atoms. The van der Waals surface area contributed by atoms with E-state index in [2.05, 4.69) is 86.7 Å². The SMILES string of the molecule is Cc1cc(C)cc(CN2CCN(CCC(=O)N(Cc3nn[nH]n3)c3cccc(CN4CCCCC4)c3)C2=C(C#N)C#N)c1. The molecule has 3 heterocycles. The summed E-state index contributed by atoms with van der Waals surface area (Å²) in [5.41, 5.74) is 5.47. The summed E-state index contributed by atoms with van der Waals surface area (Å²) >= 11 is 0. The highest BCUT2D eigenvalue weighted by atomic mass is 16.2. The number of benzene rings is 2. The molecule has 5 rings (SSSR count). The smallest absolute Gasteiger partial charge is 0.229 e. The summed E-state index contributed by atoms with van der Waals surface area (Å²) in [4.78, 5) is 22.1. The molecule has 1 aromatic heterocycles. The van der Waals surface area contributed by atoms with Crippen LogP contribution in [0.4, 0.5) is 5.69 Å². The lowest BCUT2D eigenvalue weighted by atomic mass is 10.1. The second kappa shape index (κ2) is 14.0. The lowest BCUT2D eigenvalue weighted by molar-refractivity contribution is -0.119. The van der Waals surface area contributed by atoms with Crippen molar-refractivity contribution in [2.45, 2.75) is 59.2 Å². The van der Waals surface area contributed by atoms with Crippen LogP contribution in [0.15, 0.2) is 53.9 Å². The number of aryl methyl sites for hydroxylation is 2. The molecule has 1 N–H and O–H groups in total. The van der Waals surface area contributed by atoms with E-state index >= 15 is 0 Å². The molecule has 2 aliphatic rings. The van der Waals surface area contributed by atoms with Crippen molar-refractivity contribution in [1.29, 1.82) is 10.5 Å². The average molecular weight is 579 g/mol. The number of anilines is 1. The van der Waals surface area contributed by atoms with Crippen LogP contribution in [-0.2, 0) is 24.4 Å². The maximum atomic E-state index is 13.8. The number of allylic oxidation sites excluding steroid dienone is 1. The van der Waals surface area contributed by atoms with Gasteiger partial charge in [-0.1, -0.05) is 53.1 Å². The number of carbonyl (C=O) groups is 1. The fourth-order valence-corrected chi connectivity index (χ4v) is 6.13. The van der Waals surface area contributed by atoms with E-state index in [1.165, 1.54) is 30.4 Å². The van der Waals surface area contributed by atoms with Crippen molar-refractivity contribution in [3.63, 3.8) is 0 Å². The topological polar surface area (TPSA) is 132 Å². The Morgan fingerprint density at radius 3 is 2.37 bits per heavy atom. The molecule has 43 heavy (non-hydrogen) atoms. The van der Waals surface area contributed by atoms with Gasteiger partial charge in [-0.05, 0) is 63.0 Å². The fraction of sp³-hybridized carbons (Fsp3) is 0.438. The molecule has 3 aromatic rings. The predicted molar refractivity (Wildman–Crippen MR) is 162 cm³/mol. The van der Waals surface area contributed by atoms with Gasteiger partial charge in [0.25, 0.3) is 0 Å². The minimum Gasteiger partial charge on any atom is -0.354 e. The lowest BCUT2D eigenvalue weighted by Gasteiger charge is -2.28. The zero-order valence-corrected chi connectivity index (χ0v) is 25.0. The number of nitriles is 2. The average Bonchev–Trinajstić information content (AvgIpc) is 3.66. The van der Waals surface area contributed by atoms with Crippen molar-refractivity contribution >= 4 is 11.6 Å². The van der Waals surface area contributed by atoms with E-state index < -0.39 is 0 Å². The van der Waals surface area contributed by atoms with Gasteiger partial charge in [-0.2, -0.15) is 15.7 Å². The van der Waals surface area contributed by atoms with Gasteiger partial charge in [-0.3, -0.25) is 9.69 Å². The minimum atomic E-state index is -0.0949. The maximum Gasteiger partial charge on any atom is 0.229 e. The Balaban J connectivity index is 1.33. The second-order valence-corrected chi connectivity index (χ2v) is 11.4. The zero-order chi connectivity index (χ0) is 30.2. The van der Waals surface area contributed by atoms with Crippen molar-refractivity contribution in [2.24, 2.45) is 0 Å². The number of piperidine rings is 1. The molecule has 2 aromatic carbocycles. The number of hydrogen-bond donors (Lipinski definition) is 1. The Bertz CT molecular complexity index is 1490. The molecule has 11 heteroatoms. The van der Waals surface area contributed by atoms with E-state index in [9.17, 15) is 15.3 Å². The van der Waals surface area contributed by atoms with Gasteiger partial charge in [0.2, 0.25) is 5.91 Å². The summed E-state index contributed by atoms with van der Waals surface area (Å²) in [5.74, 6) is 0.917. The molecule has 2 fully saturated rings. The lowest BCUT2D eigenvalue weighted by Crippen LogP contribution is -2.34. The Hall–Kier alpha value is -4.74. The summed E-state index contributed by atoms with van der Waals surface area (Å²) in [5, 5.41) is 33.9. The van der Waals surface area contributed by atoms with Crippen LogP contribution in [0.5, 0.6) is 0 Å². The minimum absolute atomic E-state index is 0.0587. The summed E-state index contributed by atoms with van der Waals surface area (Å²) in [7, 11) is 0. The molecule has 2 aliphatic heterocycles. The van der Waals surface area contributed by atoms with E-state index in [-0.39, 0.29) is 24.4 Å². The molecule has 1 amide bonds. The molecular weight excluding hydrogens is 540 g/mol. The van der Waals surface area contributed by atoms with Crippen LogP contribution in [0.3, 0.4) is 0 Å². The van der Waals surface area contributed by atoms with Crippen LogP contribution in [0, 0.1) is 36.5 Å². The molecule has 0 atom stereocenters. The highest BCUT2D eigenvalue weighted by Gasteiger charge is 2.30. The van der Waals surface area contributed by atoms with Crippen LogP contribution >= 0.6 is 0 Å².